The average molecular weight is 147 g/mol. The maximum Gasteiger partial charge on any atom is 0.131 e. The van der Waals surface area contributed by atoms with E-state index in [1.807, 2.05) is 20.8 Å². The van der Waals surface area contributed by atoms with Crippen LogP contribution in [0, 0.1) is 0 Å². The van der Waals surface area contributed by atoms with Gasteiger partial charge in [-0.25, -0.2) is 0 Å². The predicted molar refractivity (Wildman–Crippen MR) is 40.6 cm³/mol. The predicted octanol–water partition coefficient (Wildman–Crippen LogP) is 0.0737. The van der Waals surface area contributed by atoms with E-state index in [0.717, 1.165) is 0 Å². The molecule has 3 nitrogen and oxygen atoms in total. The molecule has 0 saturated carbocycles. The van der Waals surface area contributed by atoms with Crippen LogP contribution in [0.3, 0.4) is 0 Å². The summed E-state index contributed by atoms with van der Waals surface area (Å²) in [5.41, 5.74) is -0.156. The minimum atomic E-state index is -0.833. The Kier molecular flexibility index (Phi) is 3.28. The van der Waals surface area contributed by atoms with Gasteiger partial charge in [0.1, 0.15) is 6.23 Å². The van der Waals surface area contributed by atoms with Crippen molar-refractivity contribution in [2.75, 3.05) is 0 Å². The summed E-state index contributed by atoms with van der Waals surface area (Å²) in [6.07, 6.45) is -1.56. The van der Waals surface area contributed by atoms with Gasteiger partial charge in [-0.3, -0.25) is 5.32 Å². The van der Waals surface area contributed by atoms with E-state index in [1.54, 1.807) is 6.92 Å². The molecule has 0 rings (SSSR count). The van der Waals surface area contributed by atoms with Crippen molar-refractivity contribution in [2.45, 2.75) is 45.6 Å². The molecule has 0 aromatic carbocycles. The molecule has 10 heavy (non-hydrogen) atoms. The molecule has 1 unspecified atom stereocenters. The molecule has 0 aliphatic carbocycles. The van der Waals surface area contributed by atoms with E-state index in [-0.39, 0.29) is 5.54 Å². The van der Waals surface area contributed by atoms with Crippen LogP contribution in [0.2, 0.25) is 0 Å². The van der Waals surface area contributed by atoms with Crippen molar-refractivity contribution >= 4 is 0 Å². The molecule has 0 saturated heterocycles. The third-order valence-electron chi connectivity index (χ3n) is 1.04. The molecule has 3 heteroatoms. The van der Waals surface area contributed by atoms with Gasteiger partial charge in [0, 0.05) is 5.54 Å². The molecule has 2 atom stereocenters. The van der Waals surface area contributed by atoms with Crippen molar-refractivity contribution in [3.05, 3.63) is 0 Å². The fourth-order valence-electron chi connectivity index (χ4n) is 0.564. The van der Waals surface area contributed by atoms with Crippen molar-refractivity contribution < 1.29 is 10.2 Å². The number of nitrogens with one attached hydrogen (secondary N) is 1. The quantitative estimate of drug-likeness (QED) is 0.485. The third-order valence-corrected chi connectivity index (χ3v) is 1.04. The molecule has 0 aliphatic heterocycles. The van der Waals surface area contributed by atoms with Crippen molar-refractivity contribution in [1.29, 1.82) is 0 Å². The molecular weight excluding hydrogens is 130 g/mol. The average Bonchev–Trinajstić information content (AvgIpc) is 1.60. The van der Waals surface area contributed by atoms with Gasteiger partial charge in [0.2, 0.25) is 0 Å². The summed E-state index contributed by atoms with van der Waals surface area (Å²) >= 11 is 0. The van der Waals surface area contributed by atoms with Crippen LogP contribution in [0.5, 0.6) is 0 Å². The fourth-order valence-corrected chi connectivity index (χ4v) is 0.564. The summed E-state index contributed by atoms with van der Waals surface area (Å²) in [6, 6.07) is 0. The van der Waals surface area contributed by atoms with E-state index in [2.05, 4.69) is 5.32 Å². The lowest BCUT2D eigenvalue weighted by atomic mass is 10.1. The van der Waals surface area contributed by atoms with Crippen LogP contribution in [0.4, 0.5) is 0 Å². The largest absolute Gasteiger partial charge is 0.389 e. The molecule has 0 radical (unpaired) electrons. The molecule has 62 valence electrons. The van der Waals surface area contributed by atoms with Crippen LogP contribution < -0.4 is 5.32 Å². The first-order valence-electron chi connectivity index (χ1n) is 3.47. The Balaban J connectivity index is 3.68. The number of rotatable bonds is 2. The van der Waals surface area contributed by atoms with E-state index >= 15 is 0 Å². The Morgan fingerprint density at radius 2 is 1.60 bits per heavy atom. The molecule has 0 fully saturated rings. The van der Waals surface area contributed by atoms with Crippen molar-refractivity contribution in [3.8, 4) is 0 Å². The van der Waals surface area contributed by atoms with Crippen LogP contribution in [0.25, 0.3) is 0 Å². The lowest BCUT2D eigenvalue weighted by molar-refractivity contribution is -0.00601. The van der Waals surface area contributed by atoms with Crippen LogP contribution in [0.15, 0.2) is 0 Å². The van der Waals surface area contributed by atoms with Gasteiger partial charge in [0.25, 0.3) is 0 Å². The van der Waals surface area contributed by atoms with Gasteiger partial charge in [-0.05, 0) is 27.7 Å². The Hall–Kier alpha value is -0.120. The second-order valence-corrected chi connectivity index (χ2v) is 3.58. The maximum absolute atomic E-state index is 9.10. The van der Waals surface area contributed by atoms with Gasteiger partial charge in [0.05, 0.1) is 6.10 Å². The van der Waals surface area contributed by atoms with Gasteiger partial charge in [-0.2, -0.15) is 0 Å². The highest BCUT2D eigenvalue weighted by molar-refractivity contribution is 4.74. The van der Waals surface area contributed by atoms with Gasteiger partial charge in [-0.1, -0.05) is 0 Å². The highest BCUT2D eigenvalue weighted by Crippen LogP contribution is 2.01. The smallest absolute Gasteiger partial charge is 0.131 e. The topological polar surface area (TPSA) is 52.5 Å². The first-order valence-corrected chi connectivity index (χ1v) is 3.47. The number of aliphatic hydroxyl groups is 2. The second kappa shape index (κ2) is 3.32. The van der Waals surface area contributed by atoms with Crippen molar-refractivity contribution in [3.63, 3.8) is 0 Å². The highest BCUT2D eigenvalue weighted by Gasteiger charge is 2.17. The maximum atomic E-state index is 9.10. The molecule has 0 aliphatic rings. The molecule has 3 N–H and O–H groups in total. The zero-order valence-corrected chi connectivity index (χ0v) is 7.05. The van der Waals surface area contributed by atoms with Crippen molar-refractivity contribution in [2.24, 2.45) is 0 Å². The number of hydrogen-bond donors (Lipinski definition) is 3. The van der Waals surface area contributed by atoms with E-state index < -0.39 is 12.3 Å². The van der Waals surface area contributed by atoms with Crippen LogP contribution >= 0.6 is 0 Å². The second-order valence-electron chi connectivity index (χ2n) is 3.58. The van der Waals surface area contributed by atoms with E-state index in [1.165, 1.54) is 0 Å². The lowest BCUT2D eigenvalue weighted by Crippen LogP contribution is -2.48. The minimum Gasteiger partial charge on any atom is -0.389 e. The summed E-state index contributed by atoms with van der Waals surface area (Å²) in [5, 5.41) is 20.8. The molecule has 0 bridgehead atoms. The lowest BCUT2D eigenvalue weighted by Gasteiger charge is -2.26. The number of aliphatic hydroxyl groups excluding tert-OH is 2. The first-order chi connectivity index (χ1) is 4.33. The molecule has 0 amide bonds. The number of hydrogen-bond acceptors (Lipinski definition) is 3. The van der Waals surface area contributed by atoms with E-state index in [0.29, 0.717) is 0 Å². The molecule has 0 aromatic heterocycles. The molecule has 0 aromatic rings. The summed E-state index contributed by atoms with van der Waals surface area (Å²) < 4.78 is 0. The Morgan fingerprint density at radius 3 is 1.70 bits per heavy atom. The fraction of sp³-hybridized carbons (Fsp3) is 1.00. The third kappa shape index (κ3) is 4.73. The summed E-state index contributed by atoms with van der Waals surface area (Å²) in [4.78, 5) is 0. The Bertz CT molecular complexity index is 96.3. The van der Waals surface area contributed by atoms with E-state index in [9.17, 15) is 0 Å². The zero-order valence-electron chi connectivity index (χ0n) is 7.05. The van der Waals surface area contributed by atoms with Crippen LogP contribution in [-0.2, 0) is 0 Å². The first kappa shape index (κ1) is 9.88. The van der Waals surface area contributed by atoms with E-state index in [4.69, 9.17) is 10.2 Å². The summed E-state index contributed by atoms with van der Waals surface area (Å²) in [6.45, 7) is 7.33. The Labute approximate surface area is 62.1 Å². The van der Waals surface area contributed by atoms with Gasteiger partial charge >= 0.3 is 0 Å². The Morgan fingerprint density at radius 1 is 1.20 bits per heavy atom. The van der Waals surface area contributed by atoms with Gasteiger partial charge < -0.3 is 10.2 Å². The highest BCUT2D eigenvalue weighted by atomic mass is 16.3. The zero-order chi connectivity index (χ0) is 8.36. The van der Waals surface area contributed by atoms with Crippen LogP contribution in [0.1, 0.15) is 27.7 Å². The van der Waals surface area contributed by atoms with Gasteiger partial charge in [-0.15, -0.1) is 0 Å². The molecule has 0 heterocycles. The minimum absolute atomic E-state index is 0.156. The standard InChI is InChI=1S/C7H17NO2/c1-5(9)6(10)8-7(2,3)4/h5-6,8-10H,1-4H3/t5?,6-/m1/s1. The van der Waals surface area contributed by atoms with Crippen LogP contribution in [-0.4, -0.2) is 28.1 Å². The SMILES string of the molecule is CC(O)[C@@H](O)NC(C)(C)C. The summed E-state index contributed by atoms with van der Waals surface area (Å²) in [5.74, 6) is 0. The normalized spacial score (nSPS) is 18.6. The summed E-state index contributed by atoms with van der Waals surface area (Å²) in [7, 11) is 0. The van der Waals surface area contributed by atoms with Crippen molar-refractivity contribution in [1.82, 2.24) is 5.32 Å². The van der Waals surface area contributed by atoms with Gasteiger partial charge in [0.15, 0.2) is 0 Å². The molecule has 0 spiro atoms. The monoisotopic (exact) mass is 147 g/mol. The molecular formula is C7H17NO2.